The number of carboxylic acids is 4. The van der Waals surface area contributed by atoms with Crippen molar-refractivity contribution < 1.29 is 68.1 Å². The number of hydrogen-bond donors (Lipinski definition) is 7. The molecular formula is C38H63N7O14S. The maximum absolute atomic E-state index is 12.0. The van der Waals surface area contributed by atoms with Gasteiger partial charge >= 0.3 is 30.0 Å². The maximum atomic E-state index is 12.0. The molecule has 1 amide bonds. The Labute approximate surface area is 356 Å². The monoisotopic (exact) mass is 873 g/mol. The van der Waals surface area contributed by atoms with E-state index in [-0.39, 0.29) is 52.5 Å². The van der Waals surface area contributed by atoms with Gasteiger partial charge in [-0.25, -0.2) is 4.79 Å². The largest absolute Gasteiger partial charge is 0.480 e. The summed E-state index contributed by atoms with van der Waals surface area (Å²) in [5, 5.41) is 47.7. The topological polar surface area (TPSA) is 261 Å². The van der Waals surface area contributed by atoms with Crippen LogP contribution in [0.4, 0.5) is 10.5 Å². The quantitative estimate of drug-likeness (QED) is 0.0477. The first kappa shape index (κ1) is 51.9. The maximum Gasteiger partial charge on any atom is 0.407 e. The molecule has 7 N–H and O–H groups in total. The lowest BCUT2D eigenvalue weighted by Gasteiger charge is -2.36. The molecule has 1 atom stereocenters. The van der Waals surface area contributed by atoms with Gasteiger partial charge < -0.3 is 60.1 Å². The molecule has 0 radical (unpaired) electrons. The number of amides is 1. The second kappa shape index (κ2) is 29.1. The van der Waals surface area contributed by atoms with Gasteiger partial charge in [-0.15, -0.1) is 0 Å². The molecule has 1 aliphatic heterocycles. The van der Waals surface area contributed by atoms with E-state index in [9.17, 15) is 44.4 Å². The van der Waals surface area contributed by atoms with Crippen LogP contribution < -0.4 is 16.0 Å². The van der Waals surface area contributed by atoms with E-state index in [1.54, 1.807) is 40.4 Å². The first-order chi connectivity index (χ1) is 28.5. The number of carbonyl (C=O) groups is 5. The molecule has 1 aromatic rings. The van der Waals surface area contributed by atoms with E-state index in [2.05, 4.69) is 16.0 Å². The Kier molecular flexibility index (Phi) is 25.1. The number of carbonyl (C=O) groups excluding carboxylic acids is 1. The minimum atomic E-state index is -1.13. The number of anilines is 1. The number of rotatable bonds is 26. The third-order valence-electron chi connectivity index (χ3n) is 8.49. The van der Waals surface area contributed by atoms with Crippen LogP contribution >= 0.6 is 12.2 Å². The van der Waals surface area contributed by atoms with Crippen LogP contribution in [0.3, 0.4) is 0 Å². The molecular weight excluding hydrogens is 811 g/mol. The summed E-state index contributed by atoms with van der Waals surface area (Å²) < 4.78 is 27.1. The van der Waals surface area contributed by atoms with Gasteiger partial charge in [-0.2, -0.15) is 0 Å². The van der Waals surface area contributed by atoms with Gasteiger partial charge in [0.05, 0.1) is 85.7 Å². The van der Waals surface area contributed by atoms with E-state index in [4.69, 9.17) is 35.9 Å². The second-order valence-corrected chi connectivity index (χ2v) is 15.2. The molecule has 60 heavy (non-hydrogen) atoms. The highest BCUT2D eigenvalue weighted by atomic mass is 32.1. The van der Waals surface area contributed by atoms with Gasteiger partial charge in [-0.1, -0.05) is 12.1 Å². The summed E-state index contributed by atoms with van der Waals surface area (Å²) in [4.78, 5) is 65.1. The number of thiocarbonyl (C=S) groups is 1. The van der Waals surface area contributed by atoms with Crippen molar-refractivity contribution in [1.82, 2.24) is 30.2 Å². The molecule has 0 bridgehead atoms. The zero-order valence-corrected chi connectivity index (χ0v) is 35.6. The normalized spacial score (nSPS) is 16.4. The van der Waals surface area contributed by atoms with Crippen molar-refractivity contribution in [1.29, 1.82) is 0 Å². The number of hydrogen-bond acceptors (Lipinski definition) is 15. The highest BCUT2D eigenvalue weighted by Crippen LogP contribution is 2.17. The van der Waals surface area contributed by atoms with Gasteiger partial charge in [0.2, 0.25) is 0 Å². The fourth-order valence-electron chi connectivity index (χ4n) is 5.89. The number of aliphatic carboxylic acids is 4. The van der Waals surface area contributed by atoms with E-state index < -0.39 is 54.7 Å². The SMILES string of the molecule is CC(C)(C)OC(=O)NCCOCCOCCOCCOCCNC(=S)Nc1ccc(CC2CN(CC(=O)O)CCN(CC(=O)O)CCN(CC(=O)O)CN2CC(=O)O)cc1. The first-order valence-corrected chi connectivity index (χ1v) is 20.1. The van der Waals surface area contributed by atoms with Gasteiger partial charge in [0.1, 0.15) is 5.60 Å². The van der Waals surface area contributed by atoms with Crippen LogP contribution in [0, 0.1) is 0 Å². The van der Waals surface area contributed by atoms with E-state index in [1.165, 1.54) is 0 Å². The van der Waals surface area contributed by atoms with Crippen molar-refractivity contribution >= 4 is 53.0 Å². The van der Waals surface area contributed by atoms with E-state index in [1.807, 2.05) is 24.3 Å². The Morgan fingerprint density at radius 3 is 1.62 bits per heavy atom. The minimum Gasteiger partial charge on any atom is -0.480 e. The molecule has 1 fully saturated rings. The lowest BCUT2D eigenvalue weighted by Crippen LogP contribution is -2.52. The fraction of sp³-hybridized carbons (Fsp3) is 0.684. The smallest absolute Gasteiger partial charge is 0.407 e. The molecule has 22 heteroatoms. The molecule has 1 heterocycles. The van der Waals surface area contributed by atoms with Crippen LogP contribution in [0.15, 0.2) is 24.3 Å². The summed E-state index contributed by atoms with van der Waals surface area (Å²) >= 11 is 5.42. The van der Waals surface area contributed by atoms with Crippen LogP contribution in [-0.2, 0) is 49.3 Å². The molecule has 1 aliphatic rings. The summed E-state index contributed by atoms with van der Waals surface area (Å²) in [5.74, 6) is -4.42. The standard InChI is InChI=1S/C38H63N7O14S/c1-38(2,3)59-37(54)40-9-15-56-17-19-58-21-20-57-18-16-55-14-8-39-36(60)41-30-6-4-29(5-7-30)22-31-23-43(25-33(48)49)12-10-42(24-32(46)47)11-13-44(26-34(50)51)28-45(31)27-35(52)53/h4-7,31H,8-28H2,1-3H3,(H,40,54)(H,46,47)(H,48,49)(H,50,51)(H,52,53)(H2,39,41,60). The highest BCUT2D eigenvalue weighted by molar-refractivity contribution is 7.80. The molecule has 1 unspecified atom stereocenters. The zero-order chi connectivity index (χ0) is 44.3. The van der Waals surface area contributed by atoms with Crippen LogP contribution in [0.1, 0.15) is 26.3 Å². The first-order valence-electron chi connectivity index (χ1n) is 19.7. The number of benzene rings is 1. The van der Waals surface area contributed by atoms with Crippen molar-refractivity contribution in [3.63, 3.8) is 0 Å². The van der Waals surface area contributed by atoms with Crippen molar-refractivity contribution in [3.05, 3.63) is 29.8 Å². The summed E-state index contributed by atoms with van der Waals surface area (Å²) in [5.41, 5.74) is 0.964. The summed E-state index contributed by atoms with van der Waals surface area (Å²) in [7, 11) is 0. The molecule has 0 spiro atoms. The van der Waals surface area contributed by atoms with E-state index in [0.717, 1.165) is 5.56 Å². The molecule has 1 aromatic carbocycles. The van der Waals surface area contributed by atoms with E-state index in [0.29, 0.717) is 83.2 Å². The average molecular weight is 874 g/mol. The lowest BCUT2D eigenvalue weighted by atomic mass is 10.0. The summed E-state index contributed by atoms with van der Waals surface area (Å²) in [6.07, 6.45) is -0.173. The van der Waals surface area contributed by atoms with Crippen LogP contribution in [0.25, 0.3) is 0 Å². The highest BCUT2D eigenvalue weighted by Gasteiger charge is 2.29. The molecule has 1 saturated heterocycles. The lowest BCUT2D eigenvalue weighted by molar-refractivity contribution is -0.142. The number of ether oxygens (including phenoxy) is 5. The third-order valence-corrected chi connectivity index (χ3v) is 8.74. The number of nitrogens with one attached hydrogen (secondary N) is 3. The zero-order valence-electron chi connectivity index (χ0n) is 34.8. The van der Waals surface area contributed by atoms with Crippen molar-refractivity contribution in [2.24, 2.45) is 0 Å². The van der Waals surface area contributed by atoms with Crippen LogP contribution in [0.5, 0.6) is 0 Å². The molecule has 0 aliphatic carbocycles. The summed E-state index contributed by atoms with van der Waals surface area (Å²) in [6, 6.07) is 6.77. The Morgan fingerprint density at radius 2 is 1.10 bits per heavy atom. The minimum absolute atomic E-state index is 0.0478. The molecule has 340 valence electrons. The van der Waals surface area contributed by atoms with Crippen molar-refractivity contribution in [2.75, 3.05) is 137 Å². The van der Waals surface area contributed by atoms with Crippen molar-refractivity contribution in [2.45, 2.75) is 38.8 Å². The van der Waals surface area contributed by atoms with E-state index >= 15 is 0 Å². The Morgan fingerprint density at radius 1 is 0.650 bits per heavy atom. The van der Waals surface area contributed by atoms with Gasteiger partial charge in [-0.05, 0) is 57.1 Å². The Hall–Kier alpha value is -4.26. The predicted octanol–water partition coefficient (Wildman–Crippen LogP) is -0.00730. The van der Waals surface area contributed by atoms with Crippen LogP contribution in [-0.4, -0.2) is 218 Å². The molecule has 21 nitrogen and oxygen atoms in total. The Bertz CT molecular complexity index is 1470. The van der Waals surface area contributed by atoms with Crippen LogP contribution in [0.2, 0.25) is 0 Å². The predicted molar refractivity (Wildman–Crippen MR) is 222 cm³/mol. The number of carboxylic acid groups (broad SMARTS) is 4. The number of nitrogens with zero attached hydrogens (tertiary/aromatic N) is 4. The second-order valence-electron chi connectivity index (χ2n) is 14.8. The summed E-state index contributed by atoms with van der Waals surface area (Å²) in [6.45, 7) is 8.64. The van der Waals surface area contributed by atoms with Gasteiger partial charge in [-0.3, -0.25) is 38.8 Å². The third kappa shape index (κ3) is 26.1. The van der Waals surface area contributed by atoms with Crippen molar-refractivity contribution in [3.8, 4) is 0 Å². The molecule has 0 saturated carbocycles. The van der Waals surface area contributed by atoms with Gasteiger partial charge in [0, 0.05) is 57.5 Å². The van der Waals surface area contributed by atoms with Gasteiger partial charge in [0.15, 0.2) is 5.11 Å². The fourth-order valence-corrected chi connectivity index (χ4v) is 6.11. The van der Waals surface area contributed by atoms with Gasteiger partial charge in [0.25, 0.3) is 0 Å². The molecule has 0 aromatic heterocycles. The molecule has 2 rings (SSSR count). The number of alkyl carbamates (subject to hydrolysis) is 1. The Balaban J connectivity index is 1.78. The average Bonchev–Trinajstić information content (AvgIpc) is 3.16.